The van der Waals surface area contributed by atoms with Crippen LogP contribution in [0.2, 0.25) is 0 Å². The van der Waals surface area contributed by atoms with Crippen molar-refractivity contribution >= 4 is 0 Å². The van der Waals surface area contributed by atoms with Gasteiger partial charge in [-0.25, -0.2) is 0 Å². The number of aliphatic hydroxyl groups excluding tert-OH is 1. The topological polar surface area (TPSA) is 67.5 Å². The molecule has 0 aromatic heterocycles. The molecule has 4 N–H and O–H groups in total. The van der Waals surface area contributed by atoms with Crippen molar-refractivity contribution in [1.82, 2.24) is 5.32 Å². The molecule has 1 atom stereocenters. The van der Waals surface area contributed by atoms with Crippen LogP contribution in [0, 0.1) is 13.8 Å². The number of aryl methyl sites for hydroxylation is 2. The van der Waals surface area contributed by atoms with E-state index in [1.165, 1.54) is 11.1 Å². The van der Waals surface area contributed by atoms with Crippen molar-refractivity contribution in [3.8, 4) is 5.75 Å². The van der Waals surface area contributed by atoms with Crippen molar-refractivity contribution < 1.29 is 9.84 Å². The highest BCUT2D eigenvalue weighted by atomic mass is 16.5. The van der Waals surface area contributed by atoms with Crippen LogP contribution >= 0.6 is 0 Å². The Hall–Kier alpha value is -1.10. The summed E-state index contributed by atoms with van der Waals surface area (Å²) in [5, 5.41) is 12.5. The van der Waals surface area contributed by atoms with Crippen LogP contribution in [-0.2, 0) is 6.54 Å². The molecule has 0 bridgehead atoms. The SMILES string of the molecule is COc1cc(C)c(C)cc1CNCC(O)CN. The van der Waals surface area contributed by atoms with Crippen molar-refractivity contribution in [2.45, 2.75) is 26.5 Å². The smallest absolute Gasteiger partial charge is 0.123 e. The highest BCUT2D eigenvalue weighted by Crippen LogP contribution is 2.22. The molecule has 0 aliphatic rings. The van der Waals surface area contributed by atoms with E-state index in [-0.39, 0.29) is 6.54 Å². The van der Waals surface area contributed by atoms with Gasteiger partial charge in [0.05, 0.1) is 13.2 Å². The van der Waals surface area contributed by atoms with Gasteiger partial charge in [0, 0.05) is 25.2 Å². The van der Waals surface area contributed by atoms with Gasteiger partial charge in [-0.15, -0.1) is 0 Å². The molecule has 0 radical (unpaired) electrons. The Labute approximate surface area is 103 Å². The first kappa shape index (κ1) is 14.0. The fraction of sp³-hybridized carbons (Fsp3) is 0.538. The van der Waals surface area contributed by atoms with Crippen LogP contribution in [0.1, 0.15) is 16.7 Å². The molecule has 1 aromatic rings. The molecule has 0 aliphatic carbocycles. The van der Waals surface area contributed by atoms with E-state index < -0.39 is 6.10 Å². The summed E-state index contributed by atoms with van der Waals surface area (Å²) >= 11 is 0. The first-order valence-electron chi connectivity index (χ1n) is 5.81. The number of aliphatic hydroxyl groups is 1. The van der Waals surface area contributed by atoms with Crippen LogP contribution < -0.4 is 15.8 Å². The normalized spacial score (nSPS) is 12.5. The van der Waals surface area contributed by atoms with Gasteiger partial charge in [0.25, 0.3) is 0 Å². The van der Waals surface area contributed by atoms with Crippen molar-refractivity contribution in [2.75, 3.05) is 20.2 Å². The third-order valence-electron chi connectivity index (χ3n) is 2.86. The second-order valence-corrected chi connectivity index (χ2v) is 4.27. The fourth-order valence-electron chi connectivity index (χ4n) is 1.63. The lowest BCUT2D eigenvalue weighted by atomic mass is 10.0. The van der Waals surface area contributed by atoms with Crippen molar-refractivity contribution in [1.29, 1.82) is 0 Å². The maximum absolute atomic E-state index is 9.34. The molecule has 1 aromatic carbocycles. The number of nitrogens with two attached hydrogens (primary N) is 1. The summed E-state index contributed by atoms with van der Waals surface area (Å²) in [6.45, 7) is 5.57. The summed E-state index contributed by atoms with van der Waals surface area (Å²) in [7, 11) is 1.67. The second-order valence-electron chi connectivity index (χ2n) is 4.27. The molecular weight excluding hydrogens is 216 g/mol. The third kappa shape index (κ3) is 4.00. The van der Waals surface area contributed by atoms with Gasteiger partial charge in [-0.2, -0.15) is 0 Å². The lowest BCUT2D eigenvalue weighted by molar-refractivity contribution is 0.179. The number of methoxy groups -OCH3 is 1. The summed E-state index contributed by atoms with van der Waals surface area (Å²) in [6.07, 6.45) is -0.493. The lowest BCUT2D eigenvalue weighted by Crippen LogP contribution is -2.32. The zero-order chi connectivity index (χ0) is 12.8. The molecule has 96 valence electrons. The zero-order valence-corrected chi connectivity index (χ0v) is 10.8. The van der Waals surface area contributed by atoms with Gasteiger partial charge >= 0.3 is 0 Å². The average molecular weight is 238 g/mol. The Balaban J connectivity index is 2.66. The van der Waals surface area contributed by atoms with Crippen LogP contribution in [0.4, 0.5) is 0 Å². The quantitative estimate of drug-likeness (QED) is 0.683. The standard InChI is InChI=1S/C13H22N2O2/c1-9-4-11(7-15-8-12(16)6-14)13(17-3)5-10(9)2/h4-5,12,15-16H,6-8,14H2,1-3H3. The van der Waals surface area contributed by atoms with E-state index in [4.69, 9.17) is 10.5 Å². The maximum Gasteiger partial charge on any atom is 0.123 e. The molecule has 0 amide bonds. The van der Waals surface area contributed by atoms with E-state index in [0.717, 1.165) is 11.3 Å². The Morgan fingerprint density at radius 1 is 1.35 bits per heavy atom. The van der Waals surface area contributed by atoms with E-state index in [1.807, 2.05) is 6.07 Å². The summed E-state index contributed by atoms with van der Waals surface area (Å²) in [5.41, 5.74) is 8.89. The Bertz CT molecular complexity index is 367. The summed E-state index contributed by atoms with van der Waals surface area (Å²) < 4.78 is 5.34. The van der Waals surface area contributed by atoms with E-state index in [9.17, 15) is 5.11 Å². The van der Waals surface area contributed by atoms with Gasteiger partial charge in [0.1, 0.15) is 5.75 Å². The van der Waals surface area contributed by atoms with Gasteiger partial charge in [0.15, 0.2) is 0 Å². The first-order chi connectivity index (χ1) is 8.08. The monoisotopic (exact) mass is 238 g/mol. The number of ether oxygens (including phenoxy) is 1. The van der Waals surface area contributed by atoms with Crippen molar-refractivity contribution in [2.24, 2.45) is 5.73 Å². The molecule has 0 fully saturated rings. The minimum absolute atomic E-state index is 0.275. The van der Waals surface area contributed by atoms with E-state index in [0.29, 0.717) is 13.1 Å². The highest BCUT2D eigenvalue weighted by molar-refractivity contribution is 5.41. The zero-order valence-electron chi connectivity index (χ0n) is 10.8. The average Bonchev–Trinajstić information content (AvgIpc) is 2.32. The molecule has 0 heterocycles. The largest absolute Gasteiger partial charge is 0.496 e. The van der Waals surface area contributed by atoms with Gasteiger partial charge < -0.3 is 20.9 Å². The van der Waals surface area contributed by atoms with Crippen LogP contribution in [0.15, 0.2) is 12.1 Å². The van der Waals surface area contributed by atoms with Crippen LogP contribution in [0.3, 0.4) is 0 Å². The number of hydrogen-bond acceptors (Lipinski definition) is 4. The van der Waals surface area contributed by atoms with E-state index >= 15 is 0 Å². The molecule has 17 heavy (non-hydrogen) atoms. The molecule has 1 rings (SSSR count). The van der Waals surface area contributed by atoms with Crippen molar-refractivity contribution in [3.05, 3.63) is 28.8 Å². The first-order valence-corrected chi connectivity index (χ1v) is 5.81. The molecule has 0 saturated carbocycles. The van der Waals surface area contributed by atoms with Gasteiger partial charge in [-0.05, 0) is 31.0 Å². The Morgan fingerprint density at radius 3 is 2.59 bits per heavy atom. The van der Waals surface area contributed by atoms with Crippen LogP contribution in [0.25, 0.3) is 0 Å². The minimum Gasteiger partial charge on any atom is -0.496 e. The predicted molar refractivity (Wildman–Crippen MR) is 69.2 cm³/mol. The Kier molecular flexibility index (Phi) is 5.41. The third-order valence-corrected chi connectivity index (χ3v) is 2.86. The molecule has 4 nitrogen and oxygen atoms in total. The van der Waals surface area contributed by atoms with Crippen LogP contribution in [-0.4, -0.2) is 31.4 Å². The predicted octanol–water partition coefficient (Wildman–Crippen LogP) is 0.721. The number of nitrogens with one attached hydrogen (secondary N) is 1. The minimum atomic E-state index is -0.493. The highest BCUT2D eigenvalue weighted by Gasteiger charge is 2.06. The fourth-order valence-corrected chi connectivity index (χ4v) is 1.63. The number of rotatable bonds is 6. The number of benzene rings is 1. The maximum atomic E-state index is 9.34. The van der Waals surface area contributed by atoms with E-state index in [1.54, 1.807) is 7.11 Å². The molecule has 0 aliphatic heterocycles. The molecular formula is C13H22N2O2. The van der Waals surface area contributed by atoms with Gasteiger partial charge in [-0.3, -0.25) is 0 Å². The Morgan fingerprint density at radius 2 is 2.00 bits per heavy atom. The summed E-state index contributed by atoms with van der Waals surface area (Å²) in [4.78, 5) is 0. The van der Waals surface area contributed by atoms with Gasteiger partial charge in [0.2, 0.25) is 0 Å². The van der Waals surface area contributed by atoms with Gasteiger partial charge in [-0.1, -0.05) is 6.07 Å². The van der Waals surface area contributed by atoms with E-state index in [2.05, 4.69) is 25.2 Å². The second kappa shape index (κ2) is 6.59. The molecule has 0 spiro atoms. The molecule has 0 saturated heterocycles. The van der Waals surface area contributed by atoms with Crippen LogP contribution in [0.5, 0.6) is 5.75 Å². The van der Waals surface area contributed by atoms with Crippen molar-refractivity contribution in [3.63, 3.8) is 0 Å². The summed E-state index contributed by atoms with van der Waals surface area (Å²) in [5.74, 6) is 0.878. The lowest BCUT2D eigenvalue weighted by Gasteiger charge is -2.14. The number of hydrogen-bond donors (Lipinski definition) is 3. The summed E-state index contributed by atoms with van der Waals surface area (Å²) in [6, 6.07) is 4.14. The molecule has 1 unspecified atom stereocenters. The molecule has 4 heteroatoms.